The third-order valence-corrected chi connectivity index (χ3v) is 4.07. The fraction of sp³-hybridized carbons (Fsp3) is 0.333. The first-order valence-electron chi connectivity index (χ1n) is 6.23. The predicted octanol–water partition coefficient (Wildman–Crippen LogP) is 4.16. The average molecular weight is 261 g/mol. The molecule has 1 heterocycles. The first-order valence-corrected chi connectivity index (χ1v) is 7.04. The molecule has 1 aromatic heterocycles. The number of furan rings is 1. The summed E-state index contributed by atoms with van der Waals surface area (Å²) >= 11 is 1.77. The molecule has 96 valence electrons. The van der Waals surface area contributed by atoms with Crippen LogP contribution >= 0.6 is 11.8 Å². The van der Waals surface area contributed by atoms with Crippen LogP contribution in [0.2, 0.25) is 0 Å². The van der Waals surface area contributed by atoms with Crippen molar-refractivity contribution in [1.29, 1.82) is 0 Å². The van der Waals surface area contributed by atoms with Crippen LogP contribution in [0.3, 0.4) is 0 Å². The zero-order valence-electron chi connectivity index (χ0n) is 11.1. The van der Waals surface area contributed by atoms with Gasteiger partial charge in [0.15, 0.2) is 0 Å². The van der Waals surface area contributed by atoms with E-state index in [1.807, 2.05) is 13.0 Å². The van der Waals surface area contributed by atoms with E-state index >= 15 is 0 Å². The van der Waals surface area contributed by atoms with Gasteiger partial charge in [0.2, 0.25) is 0 Å². The van der Waals surface area contributed by atoms with Gasteiger partial charge in [-0.05, 0) is 38.1 Å². The first-order chi connectivity index (χ1) is 8.70. The monoisotopic (exact) mass is 261 g/mol. The van der Waals surface area contributed by atoms with Gasteiger partial charge < -0.3 is 9.73 Å². The van der Waals surface area contributed by atoms with E-state index in [4.69, 9.17) is 4.42 Å². The Morgan fingerprint density at radius 1 is 1.17 bits per heavy atom. The minimum atomic E-state index is 0.914. The lowest BCUT2D eigenvalue weighted by molar-refractivity contribution is 0.527. The molecule has 0 fully saturated rings. The number of aryl methyl sites for hydroxylation is 2. The summed E-state index contributed by atoms with van der Waals surface area (Å²) in [6, 6.07) is 8.63. The third kappa shape index (κ3) is 3.18. The highest BCUT2D eigenvalue weighted by molar-refractivity contribution is 7.99. The van der Waals surface area contributed by atoms with Gasteiger partial charge in [0, 0.05) is 11.4 Å². The Kier molecular flexibility index (Phi) is 4.50. The Labute approximate surface area is 113 Å². The Bertz CT molecular complexity index is 519. The van der Waals surface area contributed by atoms with Gasteiger partial charge in [-0.25, -0.2) is 0 Å². The standard InChI is InChI=1S/C15H19NOS/c1-4-16-10-13-9-11(2)5-6-15(13)18-14-7-8-17-12(14)3/h5-9,16H,4,10H2,1-3H3. The summed E-state index contributed by atoms with van der Waals surface area (Å²) in [5.41, 5.74) is 2.65. The van der Waals surface area contributed by atoms with E-state index in [0.29, 0.717) is 0 Å². The molecule has 3 heteroatoms. The van der Waals surface area contributed by atoms with Crippen molar-refractivity contribution in [1.82, 2.24) is 5.32 Å². The van der Waals surface area contributed by atoms with E-state index in [1.54, 1.807) is 18.0 Å². The molecular weight excluding hydrogens is 242 g/mol. The van der Waals surface area contributed by atoms with Crippen LogP contribution in [-0.4, -0.2) is 6.54 Å². The van der Waals surface area contributed by atoms with Crippen LogP contribution in [0.4, 0.5) is 0 Å². The zero-order chi connectivity index (χ0) is 13.0. The molecule has 0 amide bonds. The fourth-order valence-electron chi connectivity index (χ4n) is 1.80. The molecule has 2 aromatic rings. The van der Waals surface area contributed by atoms with E-state index in [-0.39, 0.29) is 0 Å². The molecule has 0 saturated heterocycles. The average Bonchev–Trinajstić information content (AvgIpc) is 2.75. The van der Waals surface area contributed by atoms with Crippen molar-refractivity contribution in [3.63, 3.8) is 0 Å². The summed E-state index contributed by atoms with van der Waals surface area (Å²) in [5.74, 6) is 0.981. The number of benzene rings is 1. The lowest BCUT2D eigenvalue weighted by atomic mass is 10.1. The Morgan fingerprint density at radius 3 is 2.67 bits per heavy atom. The van der Waals surface area contributed by atoms with Crippen molar-refractivity contribution in [2.45, 2.75) is 37.1 Å². The minimum Gasteiger partial charge on any atom is -0.468 e. The lowest BCUT2D eigenvalue weighted by Crippen LogP contribution is -2.12. The molecule has 0 radical (unpaired) electrons. The predicted molar refractivity (Wildman–Crippen MR) is 76.1 cm³/mol. The smallest absolute Gasteiger partial charge is 0.114 e. The molecule has 2 rings (SSSR count). The molecule has 2 nitrogen and oxygen atoms in total. The SMILES string of the molecule is CCNCc1cc(C)ccc1Sc1ccoc1C. The van der Waals surface area contributed by atoms with Crippen LogP contribution in [0.25, 0.3) is 0 Å². The van der Waals surface area contributed by atoms with Gasteiger partial charge in [-0.1, -0.05) is 36.4 Å². The molecular formula is C15H19NOS. The van der Waals surface area contributed by atoms with Gasteiger partial charge in [0.25, 0.3) is 0 Å². The molecule has 0 aliphatic carbocycles. The number of nitrogens with one attached hydrogen (secondary N) is 1. The third-order valence-electron chi connectivity index (χ3n) is 2.81. The van der Waals surface area contributed by atoms with Gasteiger partial charge >= 0.3 is 0 Å². The Balaban J connectivity index is 2.23. The van der Waals surface area contributed by atoms with E-state index in [2.05, 4.69) is 37.4 Å². The second-order valence-corrected chi connectivity index (χ2v) is 5.42. The number of hydrogen-bond donors (Lipinski definition) is 1. The highest BCUT2D eigenvalue weighted by atomic mass is 32.2. The molecule has 1 aromatic carbocycles. The van der Waals surface area contributed by atoms with Gasteiger partial charge in [-0.15, -0.1) is 0 Å². The van der Waals surface area contributed by atoms with Crippen LogP contribution < -0.4 is 5.32 Å². The molecule has 0 atom stereocenters. The molecule has 0 unspecified atom stereocenters. The summed E-state index contributed by atoms with van der Waals surface area (Å²) in [7, 11) is 0. The van der Waals surface area contributed by atoms with Crippen LogP contribution in [0.15, 0.2) is 44.7 Å². The second-order valence-electron chi connectivity index (χ2n) is 4.33. The Hall–Kier alpha value is -1.19. The zero-order valence-corrected chi connectivity index (χ0v) is 11.9. The Morgan fingerprint density at radius 2 is 2.00 bits per heavy atom. The number of hydrogen-bond acceptors (Lipinski definition) is 3. The van der Waals surface area contributed by atoms with Crippen molar-refractivity contribution in [3.8, 4) is 0 Å². The van der Waals surface area contributed by atoms with Gasteiger partial charge in [-0.3, -0.25) is 0 Å². The van der Waals surface area contributed by atoms with E-state index in [0.717, 1.165) is 18.8 Å². The maximum atomic E-state index is 5.34. The normalized spacial score (nSPS) is 10.8. The van der Waals surface area contributed by atoms with Crippen molar-refractivity contribution in [2.75, 3.05) is 6.54 Å². The van der Waals surface area contributed by atoms with E-state index in [9.17, 15) is 0 Å². The summed E-state index contributed by atoms with van der Waals surface area (Å²) in [5, 5.41) is 3.39. The van der Waals surface area contributed by atoms with Gasteiger partial charge in [0.05, 0.1) is 11.2 Å². The quantitative estimate of drug-likeness (QED) is 0.875. The minimum absolute atomic E-state index is 0.914. The molecule has 0 aliphatic heterocycles. The fourth-order valence-corrected chi connectivity index (χ4v) is 2.75. The molecule has 0 bridgehead atoms. The van der Waals surface area contributed by atoms with E-state index < -0.39 is 0 Å². The molecule has 0 spiro atoms. The van der Waals surface area contributed by atoms with Crippen LogP contribution in [-0.2, 0) is 6.54 Å². The van der Waals surface area contributed by atoms with Crippen molar-refractivity contribution in [3.05, 3.63) is 47.4 Å². The summed E-state index contributed by atoms with van der Waals surface area (Å²) in [6.45, 7) is 8.16. The lowest BCUT2D eigenvalue weighted by Gasteiger charge is -2.10. The molecule has 0 saturated carbocycles. The van der Waals surface area contributed by atoms with Crippen LogP contribution in [0.5, 0.6) is 0 Å². The van der Waals surface area contributed by atoms with Crippen molar-refractivity contribution < 1.29 is 4.42 Å². The summed E-state index contributed by atoms with van der Waals surface area (Å²) < 4.78 is 5.34. The van der Waals surface area contributed by atoms with Crippen LogP contribution in [0, 0.1) is 13.8 Å². The highest BCUT2D eigenvalue weighted by Crippen LogP contribution is 2.33. The van der Waals surface area contributed by atoms with Gasteiger partial charge in [-0.2, -0.15) is 0 Å². The number of rotatable bonds is 5. The summed E-state index contributed by atoms with van der Waals surface area (Å²) in [6.07, 6.45) is 1.75. The van der Waals surface area contributed by atoms with Crippen LogP contribution in [0.1, 0.15) is 23.8 Å². The van der Waals surface area contributed by atoms with Gasteiger partial charge in [0.1, 0.15) is 5.76 Å². The summed E-state index contributed by atoms with van der Waals surface area (Å²) in [4.78, 5) is 2.49. The maximum Gasteiger partial charge on any atom is 0.114 e. The highest BCUT2D eigenvalue weighted by Gasteiger charge is 2.08. The largest absolute Gasteiger partial charge is 0.468 e. The van der Waals surface area contributed by atoms with E-state index in [1.165, 1.54) is 20.9 Å². The van der Waals surface area contributed by atoms with Crippen molar-refractivity contribution >= 4 is 11.8 Å². The topological polar surface area (TPSA) is 25.2 Å². The van der Waals surface area contributed by atoms with Crippen molar-refractivity contribution in [2.24, 2.45) is 0 Å². The second kappa shape index (κ2) is 6.12. The molecule has 0 aliphatic rings. The first kappa shape index (κ1) is 13.2. The molecule has 1 N–H and O–H groups in total. The molecule has 18 heavy (non-hydrogen) atoms. The maximum absolute atomic E-state index is 5.34.